The van der Waals surface area contributed by atoms with E-state index in [0.29, 0.717) is 70.0 Å². The Morgan fingerprint density at radius 1 is 0.413 bits per heavy atom. The second-order valence-electron chi connectivity index (χ2n) is 27.9. The first-order valence-corrected chi connectivity index (χ1v) is 45.7. The largest absolute Gasteiger partial charge is 0.497 e. The van der Waals surface area contributed by atoms with Gasteiger partial charge in [-0.2, -0.15) is 5.10 Å². The van der Waals surface area contributed by atoms with Crippen LogP contribution in [0.25, 0.3) is 0 Å². The number of amides is 4. The van der Waals surface area contributed by atoms with E-state index >= 15 is 0 Å². The van der Waals surface area contributed by atoms with Crippen LogP contribution < -0.4 is 61.7 Å². The van der Waals surface area contributed by atoms with Crippen LogP contribution in [-0.2, 0) is 78.5 Å². The number of sulfonamides is 4. The number of ketones is 1. The minimum Gasteiger partial charge on any atom is -0.497 e. The molecule has 1 aliphatic heterocycles. The van der Waals surface area contributed by atoms with Gasteiger partial charge in [0.2, 0.25) is 17.7 Å². The van der Waals surface area contributed by atoms with Crippen LogP contribution in [0, 0.1) is 0 Å². The first kappa shape index (κ1) is 96.2. The molecule has 1 aliphatic rings. The molecule has 0 radical (unpaired) electrons. The normalized spacial score (nSPS) is 11.8. The summed E-state index contributed by atoms with van der Waals surface area (Å²) in [6.45, 7) is 7.06. The molecule has 11 aromatic rings. The van der Waals surface area contributed by atoms with Gasteiger partial charge in [0.25, 0.3) is 46.0 Å². The summed E-state index contributed by atoms with van der Waals surface area (Å²) < 4.78 is 144. The summed E-state index contributed by atoms with van der Waals surface area (Å²) in [7, 11) is -7.28. The van der Waals surface area contributed by atoms with Crippen LogP contribution in [0.15, 0.2) is 292 Å². The van der Waals surface area contributed by atoms with E-state index < -0.39 is 77.4 Å². The molecule has 0 atom stereocenters. The Morgan fingerprint density at radius 3 is 1.39 bits per heavy atom. The molecule has 10 aromatic carbocycles. The average molecular weight is 1790 g/mol. The zero-order valence-corrected chi connectivity index (χ0v) is 74.8. The number of carbonyl (C=O) groups excluding carboxylic acids is 5. The average Bonchev–Trinajstić information content (AvgIpc) is 0.787. The van der Waals surface area contributed by atoms with E-state index in [9.17, 15) is 57.6 Å². The molecule has 29 nitrogen and oxygen atoms in total. The molecular weight excluding hydrogens is 1690 g/mol. The summed E-state index contributed by atoms with van der Waals surface area (Å²) in [4.78, 5) is 68.8. The number of methoxy groups -OCH3 is 6. The van der Waals surface area contributed by atoms with E-state index in [-0.39, 0.29) is 60.6 Å². The van der Waals surface area contributed by atoms with Crippen LogP contribution in [0.5, 0.6) is 34.5 Å². The summed E-state index contributed by atoms with van der Waals surface area (Å²) in [5, 5.41) is 9.43. The molecule has 33 heteroatoms. The monoisotopic (exact) mass is 1790 g/mol. The highest BCUT2D eigenvalue weighted by Crippen LogP contribution is 2.39. The first-order valence-electron chi connectivity index (χ1n) is 40.0. The fourth-order valence-electron chi connectivity index (χ4n) is 12.8. The predicted octanol–water partition coefficient (Wildman–Crippen LogP) is 14.3. The molecule has 4 amide bonds. The number of hydrazone groups is 1. The molecule has 2 heterocycles. The Morgan fingerprint density at radius 2 is 0.873 bits per heavy atom. The van der Waals surface area contributed by atoms with E-state index in [1.807, 2.05) is 57.2 Å². The van der Waals surface area contributed by atoms with E-state index in [1.54, 1.807) is 187 Å². The van der Waals surface area contributed by atoms with Crippen LogP contribution in [0.3, 0.4) is 0 Å². The van der Waals surface area contributed by atoms with Gasteiger partial charge >= 0.3 is 0 Å². The number of hydrogen-bond acceptors (Lipinski definition) is 21. The van der Waals surface area contributed by atoms with Gasteiger partial charge in [-0.15, -0.1) is 0 Å². The zero-order valence-electron chi connectivity index (χ0n) is 71.5. The molecule has 662 valence electrons. The minimum absolute atomic E-state index is 0.0459. The van der Waals surface area contributed by atoms with Gasteiger partial charge in [0.1, 0.15) is 60.7 Å². The summed E-state index contributed by atoms with van der Waals surface area (Å²) >= 11 is 0. The van der Waals surface area contributed by atoms with Crippen molar-refractivity contribution in [1.29, 1.82) is 0 Å². The van der Waals surface area contributed by atoms with E-state index in [1.165, 1.54) is 104 Å². The van der Waals surface area contributed by atoms with E-state index in [2.05, 4.69) is 26.1 Å². The molecule has 0 spiro atoms. The Bertz CT molecular complexity index is 5990. The third-order valence-electron chi connectivity index (χ3n) is 19.7. The highest BCUT2D eigenvalue weighted by Gasteiger charge is 2.35. The number of hydrogen-bond donors (Lipinski definition) is 3. The Kier molecular flexibility index (Phi) is 35.3. The SMILES string of the molecule is CCc1ccc(N(CC(=O)N/N=C/c2cccnc2)S(=O)(=O)c2ccccc2)c(OC)c1.CCc1ccc(N(CC(=O)Nc2ccc(C(C)=O)cc2)S(=O)(=O)c2ccccc2)cc1.CCc1ccccc1NC(=O)CN(c1ccc(OC)cc1OC)S(=O)(=O)c1ccccc1.COc1ccc(S(=O)(=O)N(CC(=O)N2CCCCC2)c2cc(OC)ccc2OC)cc1. The maximum absolute atomic E-state index is 13.6. The lowest BCUT2D eigenvalue weighted by molar-refractivity contribution is -0.130. The molecular formula is C93H102N10O19S4. The number of benzene rings is 10. The van der Waals surface area contributed by atoms with Crippen molar-refractivity contribution in [3.05, 3.63) is 295 Å². The number of aromatic nitrogens is 1. The van der Waals surface area contributed by atoms with Crippen LogP contribution in [0.4, 0.5) is 34.1 Å². The van der Waals surface area contributed by atoms with Gasteiger partial charge in [-0.25, -0.2) is 39.1 Å². The lowest BCUT2D eigenvalue weighted by Gasteiger charge is -2.31. The van der Waals surface area contributed by atoms with Gasteiger partial charge in [-0.05, 0) is 208 Å². The van der Waals surface area contributed by atoms with Gasteiger partial charge < -0.3 is 44.0 Å². The van der Waals surface area contributed by atoms with E-state index in [4.69, 9.17) is 28.4 Å². The van der Waals surface area contributed by atoms with Gasteiger partial charge in [0.15, 0.2) is 5.78 Å². The summed E-state index contributed by atoms with van der Waals surface area (Å²) in [5.41, 5.74) is 8.87. The lowest BCUT2D eigenvalue weighted by Crippen LogP contribution is -2.45. The molecule has 3 N–H and O–H groups in total. The van der Waals surface area contributed by atoms with Crippen molar-refractivity contribution in [2.45, 2.75) is 85.8 Å². The summed E-state index contributed by atoms with van der Waals surface area (Å²) in [6.07, 6.45) is 9.85. The number of nitrogens with one attached hydrogen (secondary N) is 3. The van der Waals surface area contributed by atoms with Crippen molar-refractivity contribution >= 4 is 110 Å². The number of piperidine rings is 1. The Hall–Kier alpha value is -13.6. The second-order valence-corrected chi connectivity index (χ2v) is 35.3. The standard InChI is InChI=1S/C24H26N2O5S.C24H24N2O4S.C23H24N4O4S.C22H28N2O6S/c1-4-18-10-8-9-13-21(18)25-24(27)17-26(32(28,29)20-11-6-5-7-12-20)22-15-14-19(30-2)16-23(22)31-3;1-3-19-9-15-22(16-10-19)26(31(29,30)23-7-5-4-6-8-23)17-24(28)25-21-13-11-20(12-14-21)18(2)27;1-3-18-11-12-21(22(14-18)31-2)27(32(29,30)20-9-5-4-6-10-20)17-23(28)26-25-16-19-8-7-13-24-15-19;1-28-17-7-10-19(11-8-17)31(26,27)24(16-22(25)23-13-5-4-6-14-23)20-15-18(29-2)9-12-21(20)30-3/h5-16H,4,17H2,1-3H3,(H,25,27);4-16H,3,17H2,1-2H3,(H,25,28);4-16H,3,17H2,1-2H3,(H,26,28);7-12,15H,4-6,13-14,16H2,1-3H3/b;;25-16+;. The third kappa shape index (κ3) is 25.8. The fourth-order valence-corrected chi connectivity index (χ4v) is 18.6. The molecule has 0 saturated carbocycles. The Labute approximate surface area is 736 Å². The van der Waals surface area contributed by atoms with Crippen molar-refractivity contribution in [1.82, 2.24) is 15.3 Å². The summed E-state index contributed by atoms with van der Waals surface area (Å²) in [6, 6.07) is 69.3. The number of rotatable bonds is 34. The van der Waals surface area contributed by atoms with Crippen LogP contribution in [0.2, 0.25) is 0 Å². The molecule has 126 heavy (non-hydrogen) atoms. The van der Waals surface area contributed by atoms with Gasteiger partial charge in [-0.1, -0.05) is 118 Å². The minimum atomic E-state index is -4.08. The lowest BCUT2D eigenvalue weighted by atomic mass is 10.1. The zero-order chi connectivity index (χ0) is 91.0. The molecule has 0 aliphatic carbocycles. The number of nitrogens with zero attached hydrogens (tertiary/aromatic N) is 7. The number of anilines is 6. The number of aryl methyl sites for hydroxylation is 3. The molecule has 1 aromatic heterocycles. The fraction of sp³-hybridized carbons (Fsp3) is 0.237. The van der Waals surface area contributed by atoms with Crippen molar-refractivity contribution in [3.8, 4) is 34.5 Å². The Balaban J connectivity index is 0.000000190. The van der Waals surface area contributed by atoms with Crippen LogP contribution in [-0.4, -0.2) is 161 Å². The molecule has 12 rings (SSSR count). The van der Waals surface area contributed by atoms with Crippen molar-refractivity contribution < 1.29 is 86.1 Å². The number of carbonyl (C=O) groups is 5. The molecule has 0 bridgehead atoms. The highest BCUT2D eigenvalue weighted by atomic mass is 32.2. The second kappa shape index (κ2) is 46.2. The van der Waals surface area contributed by atoms with Crippen molar-refractivity contribution in [2.75, 3.05) is 110 Å². The maximum Gasteiger partial charge on any atom is 0.264 e. The molecule has 1 fully saturated rings. The first-order chi connectivity index (χ1) is 60.6. The number of para-hydroxylation sites is 1. The van der Waals surface area contributed by atoms with Gasteiger partial charge in [0.05, 0.1) is 91.2 Å². The number of likely N-dealkylation sites (tertiary alicyclic amines) is 1. The smallest absolute Gasteiger partial charge is 0.264 e. The molecule has 0 unspecified atom stereocenters. The number of ether oxygens (including phenoxy) is 6. The highest BCUT2D eigenvalue weighted by molar-refractivity contribution is 7.93. The van der Waals surface area contributed by atoms with Crippen molar-refractivity contribution in [2.24, 2.45) is 5.10 Å². The van der Waals surface area contributed by atoms with Gasteiger partial charge in [0, 0.05) is 60.1 Å². The number of Topliss-reactive ketones (excluding diaryl/α,β-unsaturated/α-hetero) is 1. The van der Waals surface area contributed by atoms with Crippen molar-refractivity contribution in [3.63, 3.8) is 0 Å². The van der Waals surface area contributed by atoms with Crippen LogP contribution >= 0.6 is 0 Å². The quantitative estimate of drug-likeness (QED) is 0.0192. The predicted molar refractivity (Wildman–Crippen MR) is 488 cm³/mol. The topological polar surface area (TPSA) is 355 Å². The number of pyridine rings is 1. The third-order valence-corrected chi connectivity index (χ3v) is 26.8. The van der Waals surface area contributed by atoms with Gasteiger partial charge in [-0.3, -0.25) is 46.2 Å². The summed E-state index contributed by atoms with van der Waals surface area (Å²) in [5.74, 6) is 0.554. The van der Waals surface area contributed by atoms with Crippen LogP contribution in [0.1, 0.15) is 79.6 Å². The van der Waals surface area contributed by atoms with E-state index in [0.717, 1.165) is 72.4 Å². The molecule has 1 saturated heterocycles. The maximum atomic E-state index is 13.6.